The third kappa shape index (κ3) is 3.64. The molecule has 0 aromatic heterocycles. The summed E-state index contributed by atoms with van der Waals surface area (Å²) in [6.07, 6.45) is 0.659. The Bertz CT molecular complexity index is 379. The van der Waals surface area contributed by atoms with Gasteiger partial charge in [-0.1, -0.05) is 6.07 Å². The highest BCUT2D eigenvalue weighted by Gasteiger charge is 2.13. The Labute approximate surface area is 100 Å². The monoisotopic (exact) mass is 239 g/mol. The lowest BCUT2D eigenvalue weighted by Gasteiger charge is -2.09. The topological polar surface area (TPSA) is 70.8 Å². The van der Waals surface area contributed by atoms with E-state index in [4.69, 9.17) is 19.9 Å². The van der Waals surface area contributed by atoms with E-state index in [1.807, 2.05) is 0 Å². The van der Waals surface area contributed by atoms with Gasteiger partial charge in [-0.3, -0.25) is 0 Å². The summed E-state index contributed by atoms with van der Waals surface area (Å²) in [4.78, 5) is 11.7. The highest BCUT2D eigenvalue weighted by molar-refractivity contribution is 5.96. The van der Waals surface area contributed by atoms with E-state index >= 15 is 0 Å². The van der Waals surface area contributed by atoms with Crippen molar-refractivity contribution in [1.29, 1.82) is 0 Å². The van der Waals surface area contributed by atoms with Crippen molar-refractivity contribution < 1.29 is 19.0 Å². The fraction of sp³-hybridized carbons (Fsp3) is 0.417. The Morgan fingerprint density at radius 3 is 2.71 bits per heavy atom. The Morgan fingerprint density at radius 2 is 2.06 bits per heavy atom. The quantitative estimate of drug-likeness (QED) is 0.462. The smallest absolute Gasteiger partial charge is 0.340 e. The molecule has 5 heteroatoms. The Hall–Kier alpha value is -1.75. The van der Waals surface area contributed by atoms with E-state index in [9.17, 15) is 4.79 Å². The minimum absolute atomic E-state index is 0.298. The maximum Gasteiger partial charge on any atom is 0.340 e. The van der Waals surface area contributed by atoms with Crippen molar-refractivity contribution >= 4 is 11.7 Å². The van der Waals surface area contributed by atoms with Gasteiger partial charge < -0.3 is 19.9 Å². The summed E-state index contributed by atoms with van der Waals surface area (Å²) >= 11 is 0. The molecule has 0 aliphatic carbocycles. The van der Waals surface area contributed by atoms with Crippen LogP contribution in [-0.4, -0.2) is 33.4 Å². The first kappa shape index (κ1) is 13.3. The minimum atomic E-state index is -0.447. The van der Waals surface area contributed by atoms with Crippen LogP contribution in [0.1, 0.15) is 16.8 Å². The van der Waals surface area contributed by atoms with Crippen LogP contribution in [0.5, 0.6) is 5.75 Å². The van der Waals surface area contributed by atoms with Crippen molar-refractivity contribution in [2.45, 2.75) is 6.42 Å². The number of nitrogen functional groups attached to an aromatic ring is 1. The van der Waals surface area contributed by atoms with Gasteiger partial charge in [-0.15, -0.1) is 0 Å². The van der Waals surface area contributed by atoms with Crippen LogP contribution in [0.4, 0.5) is 5.69 Å². The molecule has 0 saturated carbocycles. The van der Waals surface area contributed by atoms with Crippen LogP contribution in [-0.2, 0) is 9.47 Å². The van der Waals surface area contributed by atoms with Crippen LogP contribution >= 0.6 is 0 Å². The second-order valence-electron chi connectivity index (χ2n) is 3.40. The number of anilines is 1. The molecule has 0 spiro atoms. The molecule has 0 amide bonds. The van der Waals surface area contributed by atoms with Gasteiger partial charge in [0.1, 0.15) is 5.75 Å². The fourth-order valence-electron chi connectivity index (χ4n) is 1.35. The van der Waals surface area contributed by atoms with Crippen LogP contribution in [0, 0.1) is 0 Å². The number of hydrogen-bond acceptors (Lipinski definition) is 5. The molecule has 5 nitrogen and oxygen atoms in total. The van der Waals surface area contributed by atoms with Crippen molar-refractivity contribution in [3.63, 3.8) is 0 Å². The molecule has 1 aromatic rings. The molecule has 0 bridgehead atoms. The molecule has 0 heterocycles. The average Bonchev–Trinajstić information content (AvgIpc) is 2.34. The van der Waals surface area contributed by atoms with Gasteiger partial charge in [0.2, 0.25) is 0 Å². The molecule has 0 atom stereocenters. The Balaban J connectivity index is 2.62. The van der Waals surface area contributed by atoms with Crippen LogP contribution in [0.3, 0.4) is 0 Å². The molecule has 1 rings (SSSR count). The molecule has 1 aromatic carbocycles. The standard InChI is InChI=1S/C12H17NO4/c1-15-7-4-8-17-12(14)9-5-3-6-10(16-2)11(9)13/h3,5-6H,4,7-8,13H2,1-2H3. The number of rotatable bonds is 6. The number of carbonyl (C=O) groups excluding carboxylic acids is 1. The number of methoxy groups -OCH3 is 2. The number of para-hydroxylation sites is 1. The first-order chi connectivity index (χ1) is 8.20. The van der Waals surface area contributed by atoms with Crippen LogP contribution < -0.4 is 10.5 Å². The summed E-state index contributed by atoms with van der Waals surface area (Å²) in [7, 11) is 3.10. The molecule has 0 radical (unpaired) electrons. The van der Waals surface area contributed by atoms with Gasteiger partial charge in [0.15, 0.2) is 0 Å². The SMILES string of the molecule is COCCCOC(=O)c1cccc(OC)c1N. The number of ether oxygens (including phenoxy) is 3. The normalized spacial score (nSPS) is 10.0. The molecule has 17 heavy (non-hydrogen) atoms. The molecule has 94 valence electrons. The van der Waals surface area contributed by atoms with Gasteiger partial charge in [-0.25, -0.2) is 4.79 Å². The molecular formula is C12H17NO4. The Kier molecular flexibility index (Phi) is 5.29. The second-order valence-corrected chi connectivity index (χ2v) is 3.40. The van der Waals surface area contributed by atoms with Crippen molar-refractivity contribution in [3.05, 3.63) is 23.8 Å². The van der Waals surface area contributed by atoms with Crippen molar-refractivity contribution in [2.75, 3.05) is 33.2 Å². The summed E-state index contributed by atoms with van der Waals surface area (Å²) in [5, 5.41) is 0. The molecule has 0 unspecified atom stereocenters. The summed E-state index contributed by atoms with van der Waals surface area (Å²) < 4.78 is 14.9. The fourth-order valence-corrected chi connectivity index (χ4v) is 1.35. The average molecular weight is 239 g/mol. The first-order valence-corrected chi connectivity index (χ1v) is 5.29. The largest absolute Gasteiger partial charge is 0.495 e. The minimum Gasteiger partial charge on any atom is -0.495 e. The third-order valence-electron chi connectivity index (χ3n) is 2.23. The number of hydrogen-bond donors (Lipinski definition) is 1. The van der Waals surface area contributed by atoms with E-state index < -0.39 is 5.97 Å². The number of nitrogens with two attached hydrogens (primary N) is 1. The number of benzene rings is 1. The van der Waals surface area contributed by atoms with E-state index in [0.717, 1.165) is 0 Å². The lowest BCUT2D eigenvalue weighted by atomic mass is 10.1. The zero-order chi connectivity index (χ0) is 12.7. The number of esters is 1. The van der Waals surface area contributed by atoms with E-state index in [0.29, 0.717) is 36.6 Å². The molecule has 0 saturated heterocycles. The predicted octanol–water partition coefficient (Wildman–Crippen LogP) is 1.47. The maximum atomic E-state index is 11.7. The molecular weight excluding hydrogens is 222 g/mol. The molecule has 0 aliphatic rings. The van der Waals surface area contributed by atoms with Gasteiger partial charge in [0.25, 0.3) is 0 Å². The van der Waals surface area contributed by atoms with Crippen molar-refractivity contribution in [2.24, 2.45) is 0 Å². The molecule has 2 N–H and O–H groups in total. The summed E-state index contributed by atoms with van der Waals surface area (Å²) in [5.74, 6) is 0.0221. The van der Waals surface area contributed by atoms with E-state index in [2.05, 4.69) is 0 Å². The maximum absolute atomic E-state index is 11.7. The summed E-state index contributed by atoms with van der Waals surface area (Å²) in [6, 6.07) is 4.99. The highest BCUT2D eigenvalue weighted by atomic mass is 16.5. The third-order valence-corrected chi connectivity index (χ3v) is 2.23. The van der Waals surface area contributed by atoms with Crippen LogP contribution in [0.2, 0.25) is 0 Å². The van der Waals surface area contributed by atoms with Crippen LogP contribution in [0.15, 0.2) is 18.2 Å². The van der Waals surface area contributed by atoms with E-state index in [-0.39, 0.29) is 0 Å². The Morgan fingerprint density at radius 1 is 1.29 bits per heavy atom. The van der Waals surface area contributed by atoms with Gasteiger partial charge in [0.05, 0.1) is 25.0 Å². The first-order valence-electron chi connectivity index (χ1n) is 5.29. The lowest BCUT2D eigenvalue weighted by Crippen LogP contribution is -2.10. The predicted molar refractivity (Wildman–Crippen MR) is 64.2 cm³/mol. The zero-order valence-electron chi connectivity index (χ0n) is 10.1. The van der Waals surface area contributed by atoms with E-state index in [1.165, 1.54) is 7.11 Å². The van der Waals surface area contributed by atoms with Gasteiger partial charge >= 0.3 is 5.97 Å². The second kappa shape index (κ2) is 6.75. The number of carbonyl (C=O) groups is 1. The van der Waals surface area contributed by atoms with Crippen molar-refractivity contribution in [1.82, 2.24) is 0 Å². The zero-order valence-corrected chi connectivity index (χ0v) is 10.1. The van der Waals surface area contributed by atoms with Gasteiger partial charge in [-0.2, -0.15) is 0 Å². The molecule has 0 fully saturated rings. The van der Waals surface area contributed by atoms with E-state index in [1.54, 1.807) is 25.3 Å². The highest BCUT2D eigenvalue weighted by Crippen LogP contribution is 2.25. The van der Waals surface area contributed by atoms with Gasteiger partial charge in [0, 0.05) is 20.1 Å². The summed E-state index contributed by atoms with van der Waals surface area (Å²) in [5.41, 5.74) is 6.39. The summed E-state index contributed by atoms with van der Waals surface area (Å²) in [6.45, 7) is 0.865. The van der Waals surface area contributed by atoms with Crippen molar-refractivity contribution in [3.8, 4) is 5.75 Å². The molecule has 0 aliphatic heterocycles. The van der Waals surface area contributed by atoms with Crippen LogP contribution in [0.25, 0.3) is 0 Å². The van der Waals surface area contributed by atoms with Gasteiger partial charge in [-0.05, 0) is 12.1 Å². The lowest BCUT2D eigenvalue weighted by molar-refractivity contribution is 0.0469.